The summed E-state index contributed by atoms with van der Waals surface area (Å²) in [5.74, 6) is 1.47. The first-order valence-corrected chi connectivity index (χ1v) is 6.77. The summed E-state index contributed by atoms with van der Waals surface area (Å²) in [6, 6.07) is 0.424. The molecular formula is C14H29N. The third kappa shape index (κ3) is 2.96. The fourth-order valence-electron chi connectivity index (χ4n) is 3.42. The van der Waals surface area contributed by atoms with Gasteiger partial charge in [-0.25, -0.2) is 0 Å². The molecular weight excluding hydrogens is 182 g/mol. The lowest BCUT2D eigenvalue weighted by atomic mass is 9.69. The summed E-state index contributed by atoms with van der Waals surface area (Å²) in [5, 5.41) is 0. The molecule has 0 aromatic carbocycles. The molecule has 2 atom stereocenters. The second kappa shape index (κ2) is 5.34. The van der Waals surface area contributed by atoms with Crippen LogP contribution in [0.15, 0.2) is 0 Å². The Morgan fingerprint density at radius 2 is 1.67 bits per heavy atom. The molecule has 1 saturated carbocycles. The highest BCUT2D eigenvalue weighted by atomic mass is 14.7. The smallest absolute Gasteiger partial charge is 0.0121 e. The third-order valence-corrected chi connectivity index (χ3v) is 4.38. The predicted molar refractivity (Wildman–Crippen MR) is 67.8 cm³/mol. The summed E-state index contributed by atoms with van der Waals surface area (Å²) in [4.78, 5) is 0. The van der Waals surface area contributed by atoms with Crippen molar-refractivity contribution < 1.29 is 0 Å². The van der Waals surface area contributed by atoms with E-state index in [-0.39, 0.29) is 0 Å². The van der Waals surface area contributed by atoms with Crippen LogP contribution >= 0.6 is 0 Å². The monoisotopic (exact) mass is 211 g/mol. The lowest BCUT2D eigenvalue weighted by molar-refractivity contribution is 0.142. The van der Waals surface area contributed by atoms with Crippen LogP contribution in [-0.4, -0.2) is 6.04 Å². The minimum absolute atomic E-state index is 0.424. The van der Waals surface area contributed by atoms with Gasteiger partial charge in [-0.05, 0) is 36.5 Å². The maximum absolute atomic E-state index is 6.52. The van der Waals surface area contributed by atoms with Crippen molar-refractivity contribution in [1.29, 1.82) is 0 Å². The Morgan fingerprint density at radius 1 is 1.13 bits per heavy atom. The summed E-state index contributed by atoms with van der Waals surface area (Å²) in [5.41, 5.74) is 6.99. The van der Waals surface area contributed by atoms with E-state index in [1.807, 2.05) is 0 Å². The molecule has 0 aromatic rings. The van der Waals surface area contributed by atoms with Crippen molar-refractivity contribution in [3.05, 3.63) is 0 Å². The van der Waals surface area contributed by atoms with E-state index in [1.54, 1.807) is 0 Å². The van der Waals surface area contributed by atoms with Gasteiger partial charge in [0.2, 0.25) is 0 Å². The van der Waals surface area contributed by atoms with E-state index in [2.05, 4.69) is 27.7 Å². The van der Waals surface area contributed by atoms with Gasteiger partial charge >= 0.3 is 0 Å². The molecule has 15 heavy (non-hydrogen) atoms. The van der Waals surface area contributed by atoms with Crippen LogP contribution in [0, 0.1) is 17.3 Å². The van der Waals surface area contributed by atoms with E-state index in [1.165, 1.54) is 38.5 Å². The van der Waals surface area contributed by atoms with Crippen molar-refractivity contribution in [3.63, 3.8) is 0 Å². The molecule has 0 aliphatic heterocycles. The molecule has 0 radical (unpaired) electrons. The average Bonchev–Trinajstić information content (AvgIpc) is 2.64. The van der Waals surface area contributed by atoms with Crippen LogP contribution in [0.3, 0.4) is 0 Å². The van der Waals surface area contributed by atoms with Gasteiger partial charge < -0.3 is 5.73 Å². The first-order valence-electron chi connectivity index (χ1n) is 6.77. The molecule has 90 valence electrons. The normalized spacial score (nSPS) is 24.4. The van der Waals surface area contributed by atoms with Gasteiger partial charge in [0.05, 0.1) is 0 Å². The Kier molecular flexibility index (Phi) is 4.64. The summed E-state index contributed by atoms with van der Waals surface area (Å²) >= 11 is 0. The molecule has 0 heterocycles. The minimum Gasteiger partial charge on any atom is -0.327 e. The Morgan fingerprint density at radius 3 is 2.07 bits per heavy atom. The molecule has 0 amide bonds. The quantitative estimate of drug-likeness (QED) is 0.731. The number of hydrogen-bond acceptors (Lipinski definition) is 1. The van der Waals surface area contributed by atoms with Gasteiger partial charge in [-0.15, -0.1) is 0 Å². The first kappa shape index (κ1) is 13.0. The van der Waals surface area contributed by atoms with Gasteiger partial charge in [-0.2, -0.15) is 0 Å². The zero-order valence-corrected chi connectivity index (χ0v) is 11.1. The molecule has 2 N–H and O–H groups in total. The van der Waals surface area contributed by atoms with Crippen molar-refractivity contribution in [1.82, 2.24) is 0 Å². The highest BCUT2D eigenvalue weighted by Gasteiger charge is 2.41. The van der Waals surface area contributed by atoms with Gasteiger partial charge in [-0.1, -0.05) is 47.0 Å². The van der Waals surface area contributed by atoms with Gasteiger partial charge in [0, 0.05) is 6.04 Å². The standard InChI is InChI=1S/C14H29N/c1-5-12(4)13(15)14(10-11(2)3)8-6-7-9-14/h11-13H,5-10,15H2,1-4H3. The molecule has 0 spiro atoms. The highest BCUT2D eigenvalue weighted by molar-refractivity contribution is 4.95. The van der Waals surface area contributed by atoms with Crippen LogP contribution in [-0.2, 0) is 0 Å². The Hall–Kier alpha value is -0.0400. The van der Waals surface area contributed by atoms with Crippen molar-refractivity contribution in [2.45, 2.75) is 72.3 Å². The molecule has 2 unspecified atom stereocenters. The molecule has 1 rings (SSSR count). The second-order valence-corrected chi connectivity index (χ2v) is 6.08. The summed E-state index contributed by atoms with van der Waals surface area (Å²) in [6.45, 7) is 9.26. The molecule has 0 bridgehead atoms. The Bertz CT molecular complexity index is 180. The van der Waals surface area contributed by atoms with Gasteiger partial charge in [0.25, 0.3) is 0 Å². The van der Waals surface area contributed by atoms with E-state index in [9.17, 15) is 0 Å². The van der Waals surface area contributed by atoms with Crippen LogP contribution in [0.4, 0.5) is 0 Å². The fourth-order valence-corrected chi connectivity index (χ4v) is 3.42. The lowest BCUT2D eigenvalue weighted by Gasteiger charge is -2.40. The zero-order chi connectivity index (χ0) is 11.5. The molecule has 0 saturated heterocycles. The van der Waals surface area contributed by atoms with E-state index in [0.717, 1.165) is 5.92 Å². The molecule has 1 heteroatoms. The minimum atomic E-state index is 0.424. The predicted octanol–water partition coefficient (Wildman–Crippen LogP) is 3.97. The van der Waals surface area contributed by atoms with Crippen LogP contribution in [0.25, 0.3) is 0 Å². The summed E-state index contributed by atoms with van der Waals surface area (Å²) < 4.78 is 0. The number of hydrogen-bond donors (Lipinski definition) is 1. The maximum atomic E-state index is 6.52. The third-order valence-electron chi connectivity index (χ3n) is 4.38. The van der Waals surface area contributed by atoms with E-state index >= 15 is 0 Å². The Balaban J connectivity index is 2.71. The van der Waals surface area contributed by atoms with Crippen LogP contribution in [0.2, 0.25) is 0 Å². The molecule has 0 aromatic heterocycles. The number of nitrogens with two attached hydrogens (primary N) is 1. The topological polar surface area (TPSA) is 26.0 Å². The highest BCUT2D eigenvalue weighted by Crippen LogP contribution is 2.47. The van der Waals surface area contributed by atoms with E-state index in [4.69, 9.17) is 5.73 Å². The van der Waals surface area contributed by atoms with E-state index in [0.29, 0.717) is 17.4 Å². The number of rotatable bonds is 5. The van der Waals surface area contributed by atoms with Gasteiger partial charge in [-0.3, -0.25) is 0 Å². The van der Waals surface area contributed by atoms with E-state index < -0.39 is 0 Å². The summed E-state index contributed by atoms with van der Waals surface area (Å²) in [7, 11) is 0. The Labute approximate surface area is 95.8 Å². The summed E-state index contributed by atoms with van der Waals surface area (Å²) in [6.07, 6.45) is 8.10. The first-order chi connectivity index (χ1) is 7.02. The maximum Gasteiger partial charge on any atom is 0.0121 e. The van der Waals surface area contributed by atoms with Crippen LogP contribution in [0.5, 0.6) is 0 Å². The molecule has 1 nitrogen and oxygen atoms in total. The zero-order valence-electron chi connectivity index (χ0n) is 11.1. The van der Waals surface area contributed by atoms with Gasteiger partial charge in [0.15, 0.2) is 0 Å². The molecule has 1 fully saturated rings. The van der Waals surface area contributed by atoms with Gasteiger partial charge in [0.1, 0.15) is 0 Å². The van der Waals surface area contributed by atoms with Crippen LogP contribution < -0.4 is 5.73 Å². The SMILES string of the molecule is CCC(C)C(N)C1(CC(C)C)CCCC1. The van der Waals surface area contributed by atoms with Crippen molar-refractivity contribution in [2.75, 3.05) is 0 Å². The van der Waals surface area contributed by atoms with Crippen molar-refractivity contribution in [3.8, 4) is 0 Å². The average molecular weight is 211 g/mol. The largest absolute Gasteiger partial charge is 0.327 e. The lowest BCUT2D eigenvalue weighted by Crippen LogP contribution is -2.45. The second-order valence-electron chi connectivity index (χ2n) is 6.08. The molecule has 1 aliphatic rings. The molecule has 1 aliphatic carbocycles. The fraction of sp³-hybridized carbons (Fsp3) is 1.00. The van der Waals surface area contributed by atoms with Crippen molar-refractivity contribution >= 4 is 0 Å². The van der Waals surface area contributed by atoms with Crippen LogP contribution in [0.1, 0.15) is 66.2 Å². The van der Waals surface area contributed by atoms with Crippen molar-refractivity contribution in [2.24, 2.45) is 23.0 Å².